The van der Waals surface area contributed by atoms with E-state index >= 15 is 0 Å². The molecule has 2 heterocycles. The lowest BCUT2D eigenvalue weighted by atomic mass is 10.1. The number of amides is 2. The second-order valence-electron chi connectivity index (χ2n) is 14.2. The number of carboxylic acids is 1. The van der Waals surface area contributed by atoms with Crippen molar-refractivity contribution in [1.82, 2.24) is 9.88 Å². The van der Waals surface area contributed by atoms with E-state index < -0.39 is 39.1 Å². The second kappa shape index (κ2) is 21.3. The van der Waals surface area contributed by atoms with Crippen LogP contribution >= 0.6 is 18.9 Å². The summed E-state index contributed by atoms with van der Waals surface area (Å²) in [6, 6.07) is 20.1. The van der Waals surface area contributed by atoms with Crippen LogP contribution in [0.2, 0.25) is 0 Å². The Labute approximate surface area is 374 Å². The number of benzene rings is 4. The zero-order chi connectivity index (χ0) is 46.8. The highest BCUT2D eigenvalue weighted by Gasteiger charge is 2.27. The van der Waals surface area contributed by atoms with Crippen molar-refractivity contribution in [2.45, 2.75) is 49.6 Å². The maximum absolute atomic E-state index is 13.3. The van der Waals surface area contributed by atoms with Gasteiger partial charge in [-0.25, -0.2) is 26.6 Å². The number of nitrogens with zero attached hydrogens (tertiary/aromatic N) is 2. The van der Waals surface area contributed by atoms with E-state index in [-0.39, 0.29) is 79.7 Å². The fourth-order valence-corrected chi connectivity index (χ4v) is 9.80. The number of aromatic carboxylic acids is 1. The lowest BCUT2D eigenvalue weighted by Crippen LogP contribution is -2.28. The average molecular weight is 956 g/mol. The molecule has 1 fully saturated rings. The van der Waals surface area contributed by atoms with Gasteiger partial charge in [-0.1, -0.05) is 0 Å². The lowest BCUT2D eigenvalue weighted by Gasteiger charge is -2.17. The van der Waals surface area contributed by atoms with Crippen molar-refractivity contribution in [2.75, 3.05) is 44.1 Å². The molecule has 0 atom stereocenters. The molecular weight excluding hydrogens is 910 g/mol. The number of aromatic nitrogens is 1. The SMILES string of the molecule is CC(=O)c1cc(Oc2ccc(S(C)(=O)=O)cc2)cc(C(=O)O)c1.CCOP(=O)(Cc1csc(NC(=O)c2cc(Oc3ccc(S(C)(=O)=O)cc3)cc(C(=O)N3CCCC3)c2)n1)OCC. The van der Waals surface area contributed by atoms with Crippen molar-refractivity contribution in [3.63, 3.8) is 0 Å². The molecule has 340 valence electrons. The number of anilines is 1. The number of carboxylic acid groups (broad SMARTS) is 1. The number of ether oxygens (including phenoxy) is 2. The molecule has 0 unspecified atom stereocenters. The Morgan fingerprint density at radius 2 is 1.19 bits per heavy atom. The van der Waals surface area contributed by atoms with Crippen LogP contribution in [0.5, 0.6) is 23.0 Å². The van der Waals surface area contributed by atoms with E-state index in [1.54, 1.807) is 30.2 Å². The molecule has 1 saturated heterocycles. The summed E-state index contributed by atoms with van der Waals surface area (Å²) in [7, 11) is -10.0. The number of hydrogen-bond acceptors (Lipinski definition) is 15. The van der Waals surface area contributed by atoms with Gasteiger partial charge < -0.3 is 28.5 Å². The minimum atomic E-state index is -3.38. The summed E-state index contributed by atoms with van der Waals surface area (Å²) in [5, 5.41) is 13.7. The van der Waals surface area contributed by atoms with E-state index in [1.807, 2.05) is 0 Å². The van der Waals surface area contributed by atoms with Crippen LogP contribution in [0.4, 0.5) is 5.13 Å². The molecule has 0 bridgehead atoms. The Morgan fingerprint density at radius 1 is 0.719 bits per heavy atom. The molecule has 4 aromatic carbocycles. The normalized spacial score (nSPS) is 12.8. The Kier molecular flexibility index (Phi) is 16.4. The molecule has 2 N–H and O–H groups in total. The Bertz CT molecular complexity index is 2750. The second-order valence-corrected chi connectivity index (χ2v) is 21.2. The highest BCUT2D eigenvalue weighted by Crippen LogP contribution is 2.51. The lowest BCUT2D eigenvalue weighted by molar-refractivity contribution is 0.0695. The summed E-state index contributed by atoms with van der Waals surface area (Å²) in [5.74, 6) is -1.10. The summed E-state index contributed by atoms with van der Waals surface area (Å²) in [6.07, 6.45) is 4.00. The minimum Gasteiger partial charge on any atom is -0.478 e. The van der Waals surface area contributed by atoms with Crippen LogP contribution in [0.25, 0.3) is 0 Å². The number of Topliss-reactive ketones (excluding diaryl/α,β-unsaturated/α-hetero) is 1. The van der Waals surface area contributed by atoms with Crippen molar-refractivity contribution < 1.29 is 64.2 Å². The van der Waals surface area contributed by atoms with Crippen molar-refractivity contribution in [1.29, 1.82) is 0 Å². The van der Waals surface area contributed by atoms with Crippen LogP contribution in [-0.2, 0) is 39.4 Å². The standard InChI is InChI=1S/C27H32N3O8PS2.C16H14O6S/c1-4-36-39(33,37-5-2)17-21-18-40-27(28-21)29-25(31)19-14-20(26(32)30-12-6-7-13-30)16-23(15-19)38-22-8-10-24(11-9-22)41(3,34)35;1-10(17)11-7-12(16(18)19)9-14(8-11)22-13-3-5-15(6-4-13)23(2,20)21/h8-11,14-16,18H,4-7,12-13,17H2,1-3H3,(H,28,29,31);3-9H,1-2H3,(H,18,19). The summed E-state index contributed by atoms with van der Waals surface area (Å²) >= 11 is 1.16. The fourth-order valence-electron chi connectivity index (χ4n) is 6.11. The smallest absolute Gasteiger partial charge is 0.336 e. The number of carbonyl (C=O) groups is 4. The van der Waals surface area contributed by atoms with Crippen molar-refractivity contribution in [2.24, 2.45) is 0 Å². The number of hydrogen-bond donors (Lipinski definition) is 2. The summed E-state index contributed by atoms with van der Waals surface area (Å²) in [6.45, 7) is 6.49. The number of likely N-dealkylation sites (tertiary alicyclic amines) is 1. The van der Waals surface area contributed by atoms with E-state index in [9.17, 15) is 40.6 Å². The maximum Gasteiger partial charge on any atom is 0.336 e. The highest BCUT2D eigenvalue weighted by molar-refractivity contribution is 7.91. The molecule has 0 radical (unpaired) electrons. The molecular formula is C43H46N3O14PS3. The molecule has 1 aliphatic rings. The number of rotatable bonds is 17. The molecule has 0 saturated carbocycles. The predicted molar refractivity (Wildman–Crippen MR) is 239 cm³/mol. The Morgan fingerprint density at radius 3 is 1.66 bits per heavy atom. The molecule has 1 aromatic heterocycles. The summed E-state index contributed by atoms with van der Waals surface area (Å²) in [4.78, 5) is 55.4. The van der Waals surface area contributed by atoms with Gasteiger partial charge in [0.25, 0.3) is 11.8 Å². The first-order valence-corrected chi connectivity index (χ1v) is 26.0. The van der Waals surface area contributed by atoms with Crippen molar-refractivity contribution in [3.8, 4) is 23.0 Å². The zero-order valence-corrected chi connectivity index (χ0v) is 38.8. The van der Waals surface area contributed by atoms with Crippen LogP contribution in [0.15, 0.2) is 100 Å². The van der Waals surface area contributed by atoms with Crippen LogP contribution < -0.4 is 14.8 Å². The monoisotopic (exact) mass is 955 g/mol. The van der Waals surface area contributed by atoms with Gasteiger partial charge in [-0.2, -0.15) is 0 Å². The van der Waals surface area contributed by atoms with Gasteiger partial charge in [0.2, 0.25) is 0 Å². The van der Waals surface area contributed by atoms with Gasteiger partial charge in [-0.15, -0.1) is 11.3 Å². The first-order valence-electron chi connectivity index (χ1n) is 19.6. The molecule has 5 aromatic rings. The fraction of sp³-hybridized carbons (Fsp3) is 0.279. The molecule has 17 nitrogen and oxygen atoms in total. The maximum atomic E-state index is 13.3. The van der Waals surface area contributed by atoms with Crippen LogP contribution in [0.1, 0.15) is 80.7 Å². The number of ketones is 1. The highest BCUT2D eigenvalue weighted by atomic mass is 32.2. The third-order valence-electron chi connectivity index (χ3n) is 9.12. The first-order chi connectivity index (χ1) is 30.2. The van der Waals surface area contributed by atoms with Gasteiger partial charge >= 0.3 is 13.6 Å². The molecule has 1 aliphatic heterocycles. The van der Waals surface area contributed by atoms with E-state index in [2.05, 4.69) is 10.3 Å². The van der Waals surface area contributed by atoms with Gasteiger partial charge in [0.05, 0.1) is 40.4 Å². The van der Waals surface area contributed by atoms with Crippen molar-refractivity contribution in [3.05, 3.63) is 118 Å². The van der Waals surface area contributed by atoms with E-state index in [0.29, 0.717) is 30.3 Å². The topological polar surface area (TPSA) is 239 Å². The third kappa shape index (κ3) is 13.9. The number of carbonyl (C=O) groups excluding carboxylic acids is 3. The minimum absolute atomic E-state index is 0.0308. The summed E-state index contributed by atoms with van der Waals surface area (Å²) < 4.78 is 81.3. The Balaban J connectivity index is 0.000000283. The van der Waals surface area contributed by atoms with Crippen LogP contribution in [-0.4, -0.2) is 94.2 Å². The van der Waals surface area contributed by atoms with Gasteiger partial charge in [0, 0.05) is 47.7 Å². The number of thiazole rings is 1. The third-order valence-corrected chi connectivity index (χ3v) is 14.2. The van der Waals surface area contributed by atoms with Gasteiger partial charge in [0.1, 0.15) is 23.0 Å². The van der Waals surface area contributed by atoms with E-state index in [1.165, 1.54) is 85.8 Å². The molecule has 2 amide bonds. The van der Waals surface area contributed by atoms with Gasteiger partial charge in [0.15, 0.2) is 30.6 Å². The first kappa shape index (κ1) is 49.3. The number of sulfone groups is 2. The quantitative estimate of drug-likeness (QED) is 0.0657. The molecule has 0 spiro atoms. The molecule has 64 heavy (non-hydrogen) atoms. The molecule has 0 aliphatic carbocycles. The molecule has 21 heteroatoms. The zero-order valence-electron chi connectivity index (χ0n) is 35.4. The largest absolute Gasteiger partial charge is 0.478 e. The van der Waals surface area contributed by atoms with E-state index in [0.717, 1.165) is 36.7 Å². The number of nitrogens with one attached hydrogen (secondary N) is 1. The Hall–Kier alpha value is -5.76. The summed E-state index contributed by atoms with van der Waals surface area (Å²) in [5.41, 5.74) is 1.06. The van der Waals surface area contributed by atoms with E-state index in [4.69, 9.17) is 23.6 Å². The predicted octanol–water partition coefficient (Wildman–Crippen LogP) is 8.38. The van der Waals surface area contributed by atoms with Crippen LogP contribution in [0, 0.1) is 0 Å². The molecule has 6 rings (SSSR count). The van der Waals surface area contributed by atoms with Gasteiger partial charge in [-0.05, 0) is 119 Å². The average Bonchev–Trinajstić information content (AvgIpc) is 3.93. The van der Waals surface area contributed by atoms with Crippen LogP contribution in [0.3, 0.4) is 0 Å². The van der Waals surface area contributed by atoms with Crippen molar-refractivity contribution >= 4 is 67.3 Å². The van der Waals surface area contributed by atoms with Gasteiger partial charge in [-0.3, -0.25) is 24.3 Å².